The number of rotatable bonds is 4. The maximum absolute atomic E-state index is 13.7. The van der Waals surface area contributed by atoms with Crippen LogP contribution < -0.4 is 0 Å². The predicted molar refractivity (Wildman–Crippen MR) is 119 cm³/mol. The van der Waals surface area contributed by atoms with Crippen molar-refractivity contribution in [3.63, 3.8) is 0 Å². The monoisotopic (exact) mass is 442 g/mol. The molecule has 3 heterocycles. The van der Waals surface area contributed by atoms with Crippen molar-refractivity contribution in [2.45, 2.75) is 38.3 Å². The maximum Gasteiger partial charge on any atom is 0.246 e. The summed E-state index contributed by atoms with van der Waals surface area (Å²) in [5, 5.41) is 20.7. The number of benzene rings is 1. The minimum absolute atomic E-state index is 0.0375. The fourth-order valence-corrected chi connectivity index (χ4v) is 5.82. The molecule has 0 N–H and O–H groups in total. The van der Waals surface area contributed by atoms with Gasteiger partial charge in [0, 0.05) is 42.9 Å². The van der Waals surface area contributed by atoms with E-state index in [1.54, 1.807) is 23.5 Å². The van der Waals surface area contributed by atoms with Gasteiger partial charge < -0.3 is 0 Å². The Morgan fingerprint density at radius 2 is 2.06 bits per heavy atom. The largest absolute Gasteiger partial charge is 0.273 e. The second kappa shape index (κ2) is 7.77. The number of hydrogen-bond acceptors (Lipinski definition) is 5. The molecule has 0 radical (unpaired) electrons. The second-order valence-corrected chi connectivity index (χ2v) is 9.50. The van der Waals surface area contributed by atoms with E-state index in [-0.39, 0.29) is 17.9 Å². The lowest BCUT2D eigenvalue weighted by Gasteiger charge is -2.51. The zero-order chi connectivity index (χ0) is 22.5. The molecule has 3 unspecified atom stereocenters. The van der Waals surface area contributed by atoms with E-state index in [1.165, 1.54) is 12.3 Å². The van der Waals surface area contributed by atoms with Crippen LogP contribution in [0.25, 0.3) is 10.9 Å². The topological polar surface area (TPSA) is 87.2 Å². The molecule has 8 heteroatoms. The molecule has 3 fully saturated rings. The van der Waals surface area contributed by atoms with E-state index in [0.717, 1.165) is 36.7 Å². The van der Waals surface area contributed by atoms with Crippen LogP contribution in [0.3, 0.4) is 0 Å². The Bertz CT molecular complexity index is 1300. The lowest BCUT2D eigenvalue weighted by Crippen LogP contribution is -2.49. The Hall–Kier alpha value is -3.60. The number of nitriles is 1. The molecule has 0 spiro atoms. The highest BCUT2D eigenvalue weighted by Gasteiger charge is 2.50. The molecule has 166 valence electrons. The molecular formula is C25H23FN6O. The standard InChI is InChI=1S/C25H23FN6O/c26-21-8-18(11-28-12-21)24-3-4-29-32(24)25(33)22-9-19(16-6-17(22)7-16)13-31-14-20-5-15(10-27)1-2-23(20)30-31/h1-2,4-5,8,11-12,14,16-17,19,22,24H,3,6-7,9,13H2. The Morgan fingerprint density at radius 1 is 1.18 bits per heavy atom. The van der Waals surface area contributed by atoms with Crippen LogP contribution in [-0.2, 0) is 11.3 Å². The molecule has 3 aromatic rings. The van der Waals surface area contributed by atoms with Gasteiger partial charge in [-0.1, -0.05) is 0 Å². The van der Waals surface area contributed by atoms with E-state index in [2.05, 4.69) is 21.3 Å². The van der Waals surface area contributed by atoms with Gasteiger partial charge in [-0.25, -0.2) is 9.40 Å². The maximum atomic E-state index is 13.7. The fraction of sp³-hybridized carbons (Fsp3) is 0.400. The molecule has 3 saturated carbocycles. The summed E-state index contributed by atoms with van der Waals surface area (Å²) in [6, 6.07) is 8.84. The summed E-state index contributed by atoms with van der Waals surface area (Å²) in [6.45, 7) is 0.762. The summed E-state index contributed by atoms with van der Waals surface area (Å²) in [6.07, 6.45) is 10.0. The summed E-state index contributed by atoms with van der Waals surface area (Å²) in [5.74, 6) is 0.946. The van der Waals surface area contributed by atoms with Crippen LogP contribution in [0.4, 0.5) is 4.39 Å². The molecule has 3 atom stereocenters. The van der Waals surface area contributed by atoms with Crippen molar-refractivity contribution in [1.82, 2.24) is 19.8 Å². The third-order valence-corrected chi connectivity index (χ3v) is 7.59. The zero-order valence-corrected chi connectivity index (χ0v) is 18.0. The molecule has 2 bridgehead atoms. The Balaban J connectivity index is 1.19. The first-order valence-corrected chi connectivity index (χ1v) is 11.4. The number of fused-ring (bicyclic) bond motifs is 3. The number of aromatic nitrogens is 3. The van der Waals surface area contributed by atoms with Crippen molar-refractivity contribution in [2.75, 3.05) is 0 Å². The van der Waals surface area contributed by atoms with Gasteiger partial charge in [-0.3, -0.25) is 14.5 Å². The number of hydrazone groups is 1. The molecule has 1 amide bonds. The average molecular weight is 442 g/mol. The molecule has 1 aliphatic heterocycles. The van der Waals surface area contributed by atoms with Crippen LogP contribution in [0.2, 0.25) is 0 Å². The lowest BCUT2D eigenvalue weighted by atomic mass is 9.55. The van der Waals surface area contributed by atoms with Crippen LogP contribution >= 0.6 is 0 Å². The van der Waals surface area contributed by atoms with Gasteiger partial charge in [-0.05, 0) is 66.8 Å². The molecule has 4 aliphatic rings. The van der Waals surface area contributed by atoms with Gasteiger partial charge in [-0.15, -0.1) is 0 Å². The summed E-state index contributed by atoms with van der Waals surface area (Å²) in [5.41, 5.74) is 2.18. The molecule has 1 aromatic carbocycles. The number of amides is 1. The van der Waals surface area contributed by atoms with Gasteiger partial charge in [0.05, 0.1) is 29.4 Å². The first kappa shape index (κ1) is 20.0. The number of pyridine rings is 1. The molecular weight excluding hydrogens is 419 g/mol. The van der Waals surface area contributed by atoms with E-state index in [4.69, 9.17) is 5.26 Å². The molecule has 7 rings (SSSR count). The van der Waals surface area contributed by atoms with E-state index in [9.17, 15) is 9.18 Å². The Labute approximate surface area is 190 Å². The SMILES string of the molecule is N#Cc1ccc2nn(CC3CC(C(=O)N4N=CCC4c4cncc(F)c4)C4CC3C4)cc2c1. The van der Waals surface area contributed by atoms with Crippen LogP contribution in [0.15, 0.2) is 48.0 Å². The van der Waals surface area contributed by atoms with E-state index in [1.807, 2.05) is 23.0 Å². The predicted octanol–water partition coefficient (Wildman–Crippen LogP) is 4.06. The third-order valence-electron chi connectivity index (χ3n) is 7.59. The third kappa shape index (κ3) is 3.48. The van der Waals surface area contributed by atoms with Crippen molar-refractivity contribution in [3.8, 4) is 6.07 Å². The number of carbonyl (C=O) groups is 1. The summed E-state index contributed by atoms with van der Waals surface area (Å²) in [7, 11) is 0. The van der Waals surface area contributed by atoms with Crippen molar-refractivity contribution in [2.24, 2.45) is 28.8 Å². The second-order valence-electron chi connectivity index (χ2n) is 9.50. The smallest absolute Gasteiger partial charge is 0.246 e. The summed E-state index contributed by atoms with van der Waals surface area (Å²) < 4.78 is 15.7. The van der Waals surface area contributed by atoms with Gasteiger partial charge in [0.25, 0.3) is 0 Å². The molecule has 0 saturated heterocycles. The van der Waals surface area contributed by atoms with E-state index >= 15 is 0 Å². The van der Waals surface area contributed by atoms with Crippen LogP contribution in [0.5, 0.6) is 0 Å². The Morgan fingerprint density at radius 3 is 2.88 bits per heavy atom. The molecule has 7 nitrogen and oxygen atoms in total. The lowest BCUT2D eigenvalue weighted by molar-refractivity contribution is -0.147. The van der Waals surface area contributed by atoms with Crippen molar-refractivity contribution >= 4 is 23.0 Å². The first-order valence-electron chi connectivity index (χ1n) is 11.4. The van der Waals surface area contributed by atoms with Crippen LogP contribution in [0.1, 0.15) is 42.9 Å². The fourth-order valence-electron chi connectivity index (χ4n) is 5.82. The zero-order valence-electron chi connectivity index (χ0n) is 18.0. The minimum Gasteiger partial charge on any atom is -0.273 e. The highest BCUT2D eigenvalue weighted by molar-refractivity contribution is 5.82. The minimum atomic E-state index is -0.403. The number of hydrogen-bond donors (Lipinski definition) is 0. The quantitative estimate of drug-likeness (QED) is 0.610. The highest BCUT2D eigenvalue weighted by atomic mass is 19.1. The van der Waals surface area contributed by atoms with Crippen molar-refractivity contribution < 1.29 is 9.18 Å². The molecule has 2 aromatic heterocycles. The number of nitrogens with zero attached hydrogens (tertiary/aromatic N) is 6. The van der Waals surface area contributed by atoms with Crippen molar-refractivity contribution in [1.29, 1.82) is 5.26 Å². The normalized spacial score (nSPS) is 28.0. The number of halogens is 1. The first-order chi connectivity index (χ1) is 16.1. The van der Waals surface area contributed by atoms with E-state index in [0.29, 0.717) is 35.3 Å². The molecule has 33 heavy (non-hydrogen) atoms. The summed E-state index contributed by atoms with van der Waals surface area (Å²) >= 11 is 0. The molecule has 3 aliphatic carbocycles. The summed E-state index contributed by atoms with van der Waals surface area (Å²) in [4.78, 5) is 17.5. The van der Waals surface area contributed by atoms with Gasteiger partial charge in [-0.2, -0.15) is 15.5 Å². The van der Waals surface area contributed by atoms with Crippen LogP contribution in [0, 0.1) is 40.8 Å². The van der Waals surface area contributed by atoms with E-state index < -0.39 is 5.82 Å². The van der Waals surface area contributed by atoms with Crippen molar-refractivity contribution in [3.05, 3.63) is 59.8 Å². The van der Waals surface area contributed by atoms with Crippen LogP contribution in [-0.4, -0.2) is 31.9 Å². The van der Waals surface area contributed by atoms with Gasteiger partial charge in [0.15, 0.2) is 0 Å². The number of carbonyl (C=O) groups excluding carboxylic acids is 1. The Kier molecular flexibility index (Phi) is 4.72. The highest BCUT2D eigenvalue weighted by Crippen LogP contribution is 2.53. The van der Waals surface area contributed by atoms with Gasteiger partial charge in [0.1, 0.15) is 5.82 Å². The average Bonchev–Trinajstić information content (AvgIpc) is 3.44. The van der Waals surface area contributed by atoms with Gasteiger partial charge in [0.2, 0.25) is 5.91 Å². The van der Waals surface area contributed by atoms with Gasteiger partial charge >= 0.3 is 0 Å².